The molecule has 0 spiro atoms. The Morgan fingerprint density at radius 3 is 2.88 bits per heavy atom. The topological polar surface area (TPSA) is 75.9 Å². The highest BCUT2D eigenvalue weighted by Gasteiger charge is 2.23. The lowest BCUT2D eigenvalue weighted by atomic mass is 10.1. The number of anilines is 3. The standard InChI is InChI=1S/C17H18N6O/c1-11-8-12(5-6-14(11)23-7-3-4-15(23)24)21-16-13-9-20-22(2)17(13)19-10-18-16/h5-6,8-10H,3-4,7H2,1-2H3,(H,18,19,21). The van der Waals surface area contributed by atoms with Crippen LogP contribution in [0.4, 0.5) is 17.2 Å². The van der Waals surface area contributed by atoms with Gasteiger partial charge in [-0.25, -0.2) is 9.97 Å². The number of carbonyl (C=O) groups excluding carboxylic acids is 1. The summed E-state index contributed by atoms with van der Waals surface area (Å²) >= 11 is 0. The Morgan fingerprint density at radius 1 is 1.25 bits per heavy atom. The first-order chi connectivity index (χ1) is 11.6. The molecular weight excluding hydrogens is 304 g/mol. The summed E-state index contributed by atoms with van der Waals surface area (Å²) in [6.45, 7) is 2.82. The molecule has 3 aromatic rings. The Bertz CT molecular complexity index is 932. The van der Waals surface area contributed by atoms with Crippen LogP contribution in [-0.4, -0.2) is 32.2 Å². The smallest absolute Gasteiger partial charge is 0.227 e. The minimum atomic E-state index is 0.201. The number of carbonyl (C=O) groups is 1. The van der Waals surface area contributed by atoms with Gasteiger partial charge >= 0.3 is 0 Å². The van der Waals surface area contributed by atoms with Crippen molar-refractivity contribution in [1.82, 2.24) is 19.7 Å². The van der Waals surface area contributed by atoms with Gasteiger partial charge in [0.25, 0.3) is 0 Å². The number of amides is 1. The second-order valence-electron chi connectivity index (χ2n) is 6.00. The van der Waals surface area contributed by atoms with E-state index in [2.05, 4.69) is 20.4 Å². The van der Waals surface area contributed by atoms with Gasteiger partial charge in [0.05, 0.1) is 11.6 Å². The molecule has 0 aliphatic carbocycles. The van der Waals surface area contributed by atoms with E-state index < -0.39 is 0 Å². The molecule has 24 heavy (non-hydrogen) atoms. The molecule has 1 saturated heterocycles. The molecule has 2 aromatic heterocycles. The molecule has 0 saturated carbocycles. The van der Waals surface area contributed by atoms with E-state index in [1.165, 1.54) is 6.33 Å². The number of fused-ring (bicyclic) bond motifs is 1. The van der Waals surface area contributed by atoms with E-state index in [-0.39, 0.29) is 5.91 Å². The quantitative estimate of drug-likeness (QED) is 0.802. The lowest BCUT2D eigenvalue weighted by molar-refractivity contribution is -0.117. The second kappa shape index (κ2) is 5.59. The molecular formula is C17H18N6O. The Balaban J connectivity index is 1.65. The Kier molecular flexibility index (Phi) is 3.41. The van der Waals surface area contributed by atoms with Crippen LogP contribution in [0.1, 0.15) is 18.4 Å². The van der Waals surface area contributed by atoms with E-state index in [4.69, 9.17) is 0 Å². The first-order valence-electron chi connectivity index (χ1n) is 7.94. The van der Waals surface area contributed by atoms with Gasteiger partial charge in [-0.3, -0.25) is 9.48 Å². The number of aromatic nitrogens is 4. The third-order valence-corrected chi connectivity index (χ3v) is 4.35. The first-order valence-corrected chi connectivity index (χ1v) is 7.94. The van der Waals surface area contributed by atoms with Crippen molar-refractivity contribution in [3.05, 3.63) is 36.3 Å². The third-order valence-electron chi connectivity index (χ3n) is 4.35. The third kappa shape index (κ3) is 2.38. The number of benzene rings is 1. The van der Waals surface area contributed by atoms with Crippen molar-refractivity contribution in [3.63, 3.8) is 0 Å². The Labute approximate surface area is 139 Å². The van der Waals surface area contributed by atoms with E-state index >= 15 is 0 Å². The maximum atomic E-state index is 11.9. The molecule has 122 valence electrons. The van der Waals surface area contributed by atoms with Crippen molar-refractivity contribution in [3.8, 4) is 0 Å². The van der Waals surface area contributed by atoms with E-state index in [0.29, 0.717) is 6.42 Å². The predicted octanol–water partition coefficient (Wildman–Crippen LogP) is 2.54. The van der Waals surface area contributed by atoms with Gasteiger partial charge in [0.15, 0.2) is 5.65 Å². The van der Waals surface area contributed by atoms with Crippen molar-refractivity contribution in [1.29, 1.82) is 0 Å². The molecule has 0 bridgehead atoms. The maximum absolute atomic E-state index is 11.9. The molecule has 1 aromatic carbocycles. The molecule has 7 heteroatoms. The molecule has 0 unspecified atom stereocenters. The van der Waals surface area contributed by atoms with Crippen LogP contribution in [0.5, 0.6) is 0 Å². The summed E-state index contributed by atoms with van der Waals surface area (Å²) in [4.78, 5) is 22.4. The van der Waals surface area contributed by atoms with Gasteiger partial charge in [0.2, 0.25) is 5.91 Å². The fourth-order valence-electron chi connectivity index (χ4n) is 3.14. The fraction of sp³-hybridized carbons (Fsp3) is 0.294. The molecule has 0 radical (unpaired) electrons. The number of hydrogen-bond acceptors (Lipinski definition) is 5. The van der Waals surface area contributed by atoms with Gasteiger partial charge in [-0.15, -0.1) is 0 Å². The number of nitrogens with one attached hydrogen (secondary N) is 1. The number of rotatable bonds is 3. The van der Waals surface area contributed by atoms with E-state index in [1.54, 1.807) is 10.9 Å². The van der Waals surface area contributed by atoms with Gasteiger partial charge < -0.3 is 10.2 Å². The summed E-state index contributed by atoms with van der Waals surface area (Å²) in [5.41, 5.74) is 3.75. The van der Waals surface area contributed by atoms with Crippen molar-refractivity contribution < 1.29 is 4.79 Å². The fourth-order valence-corrected chi connectivity index (χ4v) is 3.14. The van der Waals surface area contributed by atoms with E-state index in [9.17, 15) is 4.79 Å². The first kappa shape index (κ1) is 14.6. The highest BCUT2D eigenvalue weighted by molar-refractivity contribution is 5.96. The molecule has 4 rings (SSSR count). The van der Waals surface area contributed by atoms with Crippen molar-refractivity contribution in [2.75, 3.05) is 16.8 Å². The second-order valence-corrected chi connectivity index (χ2v) is 6.00. The van der Waals surface area contributed by atoms with Crippen LogP contribution in [0.3, 0.4) is 0 Å². The average molecular weight is 322 g/mol. The average Bonchev–Trinajstić information content (AvgIpc) is 3.15. The molecule has 1 amide bonds. The van der Waals surface area contributed by atoms with Crippen LogP contribution in [0, 0.1) is 6.92 Å². The Hall–Kier alpha value is -2.96. The predicted molar refractivity (Wildman–Crippen MR) is 92.4 cm³/mol. The van der Waals surface area contributed by atoms with E-state index in [1.807, 2.05) is 37.1 Å². The molecule has 1 aliphatic heterocycles. The van der Waals surface area contributed by atoms with Crippen LogP contribution >= 0.6 is 0 Å². The molecule has 7 nitrogen and oxygen atoms in total. The van der Waals surface area contributed by atoms with Crippen LogP contribution in [0.25, 0.3) is 11.0 Å². The highest BCUT2D eigenvalue weighted by atomic mass is 16.2. The van der Waals surface area contributed by atoms with Crippen molar-refractivity contribution in [2.45, 2.75) is 19.8 Å². The largest absolute Gasteiger partial charge is 0.340 e. The van der Waals surface area contributed by atoms with Crippen molar-refractivity contribution >= 4 is 34.1 Å². The Morgan fingerprint density at radius 2 is 2.12 bits per heavy atom. The zero-order chi connectivity index (χ0) is 16.7. The summed E-state index contributed by atoms with van der Waals surface area (Å²) < 4.78 is 1.72. The zero-order valence-corrected chi connectivity index (χ0v) is 13.7. The summed E-state index contributed by atoms with van der Waals surface area (Å²) in [7, 11) is 1.85. The molecule has 0 atom stereocenters. The summed E-state index contributed by atoms with van der Waals surface area (Å²) in [5.74, 6) is 0.921. The molecule has 1 fully saturated rings. The zero-order valence-electron chi connectivity index (χ0n) is 13.7. The normalized spacial score (nSPS) is 14.6. The molecule has 1 aliphatic rings. The van der Waals surface area contributed by atoms with Crippen LogP contribution in [0.15, 0.2) is 30.7 Å². The number of nitrogens with zero attached hydrogens (tertiary/aromatic N) is 5. The van der Waals surface area contributed by atoms with Crippen LogP contribution in [-0.2, 0) is 11.8 Å². The highest BCUT2D eigenvalue weighted by Crippen LogP contribution is 2.29. The number of hydrogen-bond donors (Lipinski definition) is 1. The lowest BCUT2D eigenvalue weighted by Gasteiger charge is -2.19. The number of aryl methyl sites for hydroxylation is 2. The minimum absolute atomic E-state index is 0.201. The summed E-state index contributed by atoms with van der Waals surface area (Å²) in [5, 5.41) is 8.41. The van der Waals surface area contributed by atoms with E-state index in [0.717, 1.165) is 46.8 Å². The minimum Gasteiger partial charge on any atom is -0.340 e. The van der Waals surface area contributed by atoms with Crippen LogP contribution < -0.4 is 10.2 Å². The molecule has 3 heterocycles. The molecule has 1 N–H and O–H groups in total. The van der Waals surface area contributed by atoms with Gasteiger partial charge in [0.1, 0.15) is 12.1 Å². The van der Waals surface area contributed by atoms with Crippen molar-refractivity contribution in [2.24, 2.45) is 7.05 Å². The SMILES string of the molecule is Cc1cc(Nc2ncnc3c2cnn3C)ccc1N1CCCC1=O. The van der Waals surface area contributed by atoms with Gasteiger partial charge in [-0.1, -0.05) is 0 Å². The lowest BCUT2D eigenvalue weighted by Crippen LogP contribution is -2.24. The van der Waals surface area contributed by atoms with Gasteiger partial charge in [0, 0.05) is 31.4 Å². The monoisotopic (exact) mass is 322 g/mol. The summed E-state index contributed by atoms with van der Waals surface area (Å²) in [6.07, 6.45) is 4.84. The summed E-state index contributed by atoms with van der Waals surface area (Å²) in [6, 6.07) is 5.99. The van der Waals surface area contributed by atoms with Gasteiger partial charge in [-0.05, 0) is 37.1 Å². The van der Waals surface area contributed by atoms with Crippen LogP contribution in [0.2, 0.25) is 0 Å². The van der Waals surface area contributed by atoms with Gasteiger partial charge in [-0.2, -0.15) is 5.10 Å². The maximum Gasteiger partial charge on any atom is 0.227 e.